The van der Waals surface area contributed by atoms with Crippen molar-refractivity contribution in [2.24, 2.45) is 0 Å². The highest BCUT2D eigenvalue weighted by molar-refractivity contribution is 5.93. The van der Waals surface area contributed by atoms with Crippen LogP contribution in [0.3, 0.4) is 0 Å². The van der Waals surface area contributed by atoms with Crippen molar-refractivity contribution in [1.29, 1.82) is 0 Å². The second-order valence-corrected chi connectivity index (χ2v) is 6.10. The lowest BCUT2D eigenvalue weighted by atomic mass is 10.1. The number of fused-ring (bicyclic) bond motifs is 3. The molecule has 8 nitrogen and oxygen atoms in total. The molecule has 2 N–H and O–H groups in total. The number of benzene rings is 2. The monoisotopic (exact) mass is 362 g/mol. The summed E-state index contributed by atoms with van der Waals surface area (Å²) in [6, 6.07) is 12.2. The summed E-state index contributed by atoms with van der Waals surface area (Å²) in [6.45, 7) is 1.93. The second-order valence-electron chi connectivity index (χ2n) is 6.10. The zero-order chi connectivity index (χ0) is 19.1. The third kappa shape index (κ3) is 2.82. The average Bonchev–Trinajstić information content (AvgIpc) is 2.99. The van der Waals surface area contributed by atoms with Gasteiger partial charge in [-0.3, -0.25) is 0 Å². The lowest BCUT2D eigenvalue weighted by Crippen LogP contribution is -2.29. The van der Waals surface area contributed by atoms with Crippen LogP contribution in [0.25, 0.3) is 28.3 Å². The molecule has 0 fully saturated rings. The molecule has 0 aliphatic heterocycles. The fourth-order valence-electron chi connectivity index (χ4n) is 2.88. The summed E-state index contributed by atoms with van der Waals surface area (Å²) in [4.78, 5) is 38.5. The Hall–Kier alpha value is -3.94. The fourth-order valence-corrected chi connectivity index (χ4v) is 2.88. The standard InChI is InChI=1S/C19H14N4O4/c1-11-2-6-13(7-3-11)23-19(27)22-17(21-23)14-10-12(5-9-16(24)25)4-8-15(14)20-18(22)26/h2-10H,1H3,(H,20,26)(H,24,25)/b9-5+. The minimum atomic E-state index is -1.07. The van der Waals surface area contributed by atoms with Gasteiger partial charge in [-0.15, -0.1) is 5.10 Å². The number of aryl methyl sites for hydroxylation is 1. The second kappa shape index (κ2) is 6.10. The van der Waals surface area contributed by atoms with E-state index in [0.717, 1.165) is 16.0 Å². The largest absolute Gasteiger partial charge is 0.478 e. The van der Waals surface area contributed by atoms with Crippen molar-refractivity contribution in [3.63, 3.8) is 0 Å². The van der Waals surface area contributed by atoms with Gasteiger partial charge in [-0.2, -0.15) is 9.08 Å². The van der Waals surface area contributed by atoms with Crippen molar-refractivity contribution in [2.75, 3.05) is 0 Å². The van der Waals surface area contributed by atoms with Crippen LogP contribution in [-0.2, 0) is 4.79 Å². The number of aliphatic carboxylic acids is 1. The molecule has 0 spiro atoms. The Morgan fingerprint density at radius 1 is 1.15 bits per heavy atom. The first-order valence-corrected chi connectivity index (χ1v) is 8.10. The lowest BCUT2D eigenvalue weighted by Gasteiger charge is -2.01. The molecule has 0 radical (unpaired) electrons. The summed E-state index contributed by atoms with van der Waals surface area (Å²) >= 11 is 0. The summed E-state index contributed by atoms with van der Waals surface area (Å²) in [5, 5.41) is 13.7. The number of aromatic amines is 1. The molecule has 0 bridgehead atoms. The van der Waals surface area contributed by atoms with E-state index in [1.807, 2.05) is 19.1 Å². The molecule has 0 aliphatic rings. The van der Waals surface area contributed by atoms with Gasteiger partial charge >= 0.3 is 17.3 Å². The number of aromatic nitrogens is 4. The van der Waals surface area contributed by atoms with Gasteiger partial charge in [0, 0.05) is 11.5 Å². The van der Waals surface area contributed by atoms with Crippen molar-refractivity contribution in [1.82, 2.24) is 19.2 Å². The number of nitrogens with one attached hydrogen (secondary N) is 1. The van der Waals surface area contributed by atoms with Crippen LogP contribution >= 0.6 is 0 Å². The van der Waals surface area contributed by atoms with E-state index in [0.29, 0.717) is 22.2 Å². The molecule has 0 aliphatic carbocycles. The normalized spacial score (nSPS) is 11.6. The Balaban J connectivity index is 2.02. The smallest absolute Gasteiger partial charge is 0.359 e. The van der Waals surface area contributed by atoms with E-state index in [1.165, 1.54) is 10.8 Å². The van der Waals surface area contributed by atoms with E-state index in [2.05, 4.69) is 10.1 Å². The van der Waals surface area contributed by atoms with E-state index < -0.39 is 17.3 Å². The molecule has 4 aromatic rings. The van der Waals surface area contributed by atoms with Gasteiger partial charge in [0.2, 0.25) is 0 Å². The highest BCUT2D eigenvalue weighted by atomic mass is 16.4. The first-order valence-electron chi connectivity index (χ1n) is 8.10. The van der Waals surface area contributed by atoms with Gasteiger partial charge in [-0.1, -0.05) is 23.8 Å². The Bertz CT molecular complexity index is 1340. The quantitative estimate of drug-likeness (QED) is 0.540. The van der Waals surface area contributed by atoms with Gasteiger partial charge in [-0.25, -0.2) is 14.4 Å². The van der Waals surface area contributed by atoms with Crippen molar-refractivity contribution >= 4 is 28.6 Å². The van der Waals surface area contributed by atoms with E-state index in [-0.39, 0.29) is 5.65 Å². The van der Waals surface area contributed by atoms with Crippen LogP contribution in [0.1, 0.15) is 11.1 Å². The maximum absolute atomic E-state index is 12.7. The van der Waals surface area contributed by atoms with Crippen molar-refractivity contribution < 1.29 is 9.90 Å². The number of hydrogen-bond acceptors (Lipinski definition) is 4. The number of carboxylic acids is 1. The third-order valence-corrected chi connectivity index (χ3v) is 4.21. The van der Waals surface area contributed by atoms with E-state index in [9.17, 15) is 14.4 Å². The molecule has 2 aromatic heterocycles. The maximum Gasteiger partial charge on any atom is 0.359 e. The number of hydrogen-bond donors (Lipinski definition) is 2. The molecule has 2 heterocycles. The van der Waals surface area contributed by atoms with E-state index in [4.69, 9.17) is 5.11 Å². The molecule has 8 heteroatoms. The van der Waals surface area contributed by atoms with Gasteiger partial charge in [0.05, 0.1) is 11.2 Å². The number of carboxylic acid groups (broad SMARTS) is 1. The average molecular weight is 362 g/mol. The van der Waals surface area contributed by atoms with Crippen molar-refractivity contribution in [3.05, 3.63) is 80.6 Å². The molecule has 0 saturated heterocycles. The molecule has 0 atom stereocenters. The summed E-state index contributed by atoms with van der Waals surface area (Å²) in [6.07, 6.45) is 2.44. The van der Waals surface area contributed by atoms with Crippen LogP contribution in [0.4, 0.5) is 0 Å². The van der Waals surface area contributed by atoms with E-state index >= 15 is 0 Å². The van der Waals surface area contributed by atoms with Crippen LogP contribution in [0.5, 0.6) is 0 Å². The predicted molar refractivity (Wildman–Crippen MR) is 100 cm³/mol. The molecule has 134 valence electrons. The van der Waals surface area contributed by atoms with Crippen molar-refractivity contribution in [2.45, 2.75) is 6.92 Å². The number of H-pyrrole nitrogens is 1. The van der Waals surface area contributed by atoms with Gasteiger partial charge in [0.25, 0.3) is 0 Å². The molecule has 2 aromatic carbocycles. The predicted octanol–water partition coefficient (Wildman–Crippen LogP) is 1.73. The minimum Gasteiger partial charge on any atom is -0.478 e. The zero-order valence-corrected chi connectivity index (χ0v) is 14.2. The third-order valence-electron chi connectivity index (χ3n) is 4.21. The molecular weight excluding hydrogens is 348 g/mol. The SMILES string of the molecule is Cc1ccc(-n2nc3c4cc(/C=C/C(=O)O)ccc4[nH]c(=O)n3c2=O)cc1. The molecule has 4 rings (SSSR count). The molecular formula is C19H14N4O4. The molecule has 0 amide bonds. The first-order chi connectivity index (χ1) is 12.9. The summed E-state index contributed by atoms with van der Waals surface area (Å²) < 4.78 is 2.14. The van der Waals surface area contributed by atoms with Crippen molar-refractivity contribution in [3.8, 4) is 5.69 Å². The summed E-state index contributed by atoms with van der Waals surface area (Å²) in [7, 11) is 0. The molecule has 0 saturated carbocycles. The maximum atomic E-state index is 12.7. The van der Waals surface area contributed by atoms with E-state index in [1.54, 1.807) is 30.3 Å². The number of carbonyl (C=O) groups is 1. The van der Waals surface area contributed by atoms with Crippen LogP contribution in [0.2, 0.25) is 0 Å². The Morgan fingerprint density at radius 3 is 2.59 bits per heavy atom. The van der Waals surface area contributed by atoms with Crippen LogP contribution < -0.4 is 11.4 Å². The molecule has 0 unspecified atom stereocenters. The molecule has 27 heavy (non-hydrogen) atoms. The van der Waals surface area contributed by atoms with Crippen LogP contribution in [0.15, 0.2) is 58.1 Å². The first kappa shape index (κ1) is 16.5. The van der Waals surface area contributed by atoms with Crippen LogP contribution in [-0.4, -0.2) is 30.2 Å². The van der Waals surface area contributed by atoms with Gasteiger partial charge in [0.1, 0.15) is 0 Å². The fraction of sp³-hybridized carbons (Fsp3) is 0.0526. The number of nitrogens with zero attached hydrogens (tertiary/aromatic N) is 3. The summed E-state index contributed by atoms with van der Waals surface area (Å²) in [5.41, 5.74) is 1.72. The Labute approximate surface area is 151 Å². The van der Waals surface area contributed by atoms with Gasteiger partial charge < -0.3 is 10.1 Å². The minimum absolute atomic E-state index is 0.199. The van der Waals surface area contributed by atoms with Gasteiger partial charge in [-0.05, 0) is 42.8 Å². The number of rotatable bonds is 3. The lowest BCUT2D eigenvalue weighted by molar-refractivity contribution is -0.131. The van der Waals surface area contributed by atoms with Crippen LogP contribution in [0, 0.1) is 6.92 Å². The topological polar surface area (TPSA) is 109 Å². The highest BCUT2D eigenvalue weighted by Gasteiger charge is 2.15. The Kier molecular flexibility index (Phi) is 3.73. The highest BCUT2D eigenvalue weighted by Crippen LogP contribution is 2.18. The summed E-state index contributed by atoms with van der Waals surface area (Å²) in [5.74, 6) is -1.07. The van der Waals surface area contributed by atoms with Gasteiger partial charge in [0.15, 0.2) is 5.65 Å². The Morgan fingerprint density at radius 2 is 1.89 bits per heavy atom. The zero-order valence-electron chi connectivity index (χ0n) is 14.2.